The highest BCUT2D eigenvalue weighted by atomic mass is 32.2. The monoisotopic (exact) mass is 250 g/mol. The molecule has 3 heterocycles. The highest BCUT2D eigenvalue weighted by Crippen LogP contribution is 2.27. The lowest BCUT2D eigenvalue weighted by Crippen LogP contribution is -2.16. The summed E-state index contributed by atoms with van der Waals surface area (Å²) in [5.41, 5.74) is 1.35. The second-order valence-electron chi connectivity index (χ2n) is 5.70. The third-order valence-electron chi connectivity index (χ3n) is 4.14. The average Bonchev–Trinajstić information content (AvgIpc) is 2.71. The van der Waals surface area contributed by atoms with Crippen molar-refractivity contribution in [3.8, 4) is 0 Å². The van der Waals surface area contributed by atoms with Crippen LogP contribution in [0.25, 0.3) is 0 Å². The molecule has 17 heavy (non-hydrogen) atoms. The van der Waals surface area contributed by atoms with E-state index in [-0.39, 0.29) is 0 Å². The number of hydrogen-bond acceptors (Lipinski definition) is 2. The predicted octanol–water partition coefficient (Wildman–Crippen LogP) is 3.15. The van der Waals surface area contributed by atoms with E-state index in [1.807, 2.05) is 0 Å². The van der Waals surface area contributed by atoms with Gasteiger partial charge >= 0.3 is 0 Å². The molecule has 3 heteroatoms. The first kappa shape index (κ1) is 11.6. The minimum absolute atomic E-state index is 0.823. The third-order valence-corrected chi connectivity index (χ3v) is 5.19. The number of nitrogens with zero attached hydrogens (tertiary/aromatic N) is 2. The molecule has 2 aliphatic heterocycles. The number of hydrogen-bond donors (Lipinski definition) is 0. The van der Waals surface area contributed by atoms with E-state index in [0.717, 1.165) is 11.8 Å². The number of fused-ring (bicyclic) bond motifs is 1. The summed E-state index contributed by atoms with van der Waals surface area (Å²) in [6, 6.07) is 0. The molecular formula is C14H22N2S. The van der Waals surface area contributed by atoms with Gasteiger partial charge < -0.3 is 4.57 Å². The summed E-state index contributed by atoms with van der Waals surface area (Å²) in [4.78, 5) is 4.85. The van der Waals surface area contributed by atoms with Gasteiger partial charge in [-0.15, -0.1) is 0 Å². The lowest BCUT2D eigenvalue weighted by atomic mass is 9.97. The van der Waals surface area contributed by atoms with Crippen molar-refractivity contribution in [3.63, 3.8) is 0 Å². The first-order chi connectivity index (χ1) is 8.31. The second-order valence-corrected chi connectivity index (χ2v) is 6.92. The summed E-state index contributed by atoms with van der Waals surface area (Å²) < 4.78 is 2.40. The van der Waals surface area contributed by atoms with Crippen molar-refractivity contribution in [1.82, 2.24) is 9.55 Å². The smallest absolute Gasteiger partial charge is 0.109 e. The van der Waals surface area contributed by atoms with E-state index in [0.29, 0.717) is 0 Å². The van der Waals surface area contributed by atoms with E-state index < -0.39 is 0 Å². The van der Waals surface area contributed by atoms with Crippen LogP contribution in [0, 0.1) is 11.8 Å². The molecule has 2 nitrogen and oxygen atoms in total. The molecule has 3 rings (SSSR count). The summed E-state index contributed by atoms with van der Waals surface area (Å²) in [5.74, 6) is 5.77. The van der Waals surface area contributed by atoms with Gasteiger partial charge in [0, 0.05) is 19.2 Å². The molecule has 1 atom stereocenters. The van der Waals surface area contributed by atoms with Crippen LogP contribution in [0.3, 0.4) is 0 Å². The Balaban J connectivity index is 1.67. The highest BCUT2D eigenvalue weighted by Gasteiger charge is 2.20. The van der Waals surface area contributed by atoms with Gasteiger partial charge in [0.2, 0.25) is 0 Å². The van der Waals surface area contributed by atoms with Crippen molar-refractivity contribution in [2.75, 3.05) is 11.5 Å². The summed E-state index contributed by atoms with van der Waals surface area (Å²) in [6.45, 7) is 3.53. The van der Waals surface area contributed by atoms with Gasteiger partial charge in [-0.05, 0) is 49.0 Å². The predicted molar refractivity (Wildman–Crippen MR) is 73.5 cm³/mol. The molecule has 1 aromatic rings. The fraction of sp³-hybridized carbons (Fsp3) is 0.786. The van der Waals surface area contributed by atoms with Crippen LogP contribution in [0.1, 0.15) is 37.7 Å². The van der Waals surface area contributed by atoms with Gasteiger partial charge in [0.1, 0.15) is 5.82 Å². The number of aryl methyl sites for hydroxylation is 1. The molecule has 1 saturated heterocycles. The summed E-state index contributed by atoms with van der Waals surface area (Å²) >= 11 is 2.11. The molecule has 2 aliphatic rings. The maximum Gasteiger partial charge on any atom is 0.109 e. The molecule has 0 aromatic carbocycles. The largest absolute Gasteiger partial charge is 0.335 e. The molecule has 1 fully saturated rings. The minimum atomic E-state index is 0.823. The standard InChI is InChI=1S/C14H22N2S/c1-11-2-5-16-10-13(15-14(16)8-11)9-12-3-6-17-7-4-12/h10-12H,2-9H2,1H3. The average molecular weight is 250 g/mol. The first-order valence-electron chi connectivity index (χ1n) is 6.94. The number of rotatable bonds is 2. The molecule has 0 amide bonds. The lowest BCUT2D eigenvalue weighted by molar-refractivity contribution is 0.409. The van der Waals surface area contributed by atoms with Crippen molar-refractivity contribution >= 4 is 11.8 Å². The topological polar surface area (TPSA) is 17.8 Å². The SMILES string of the molecule is CC1CCn2cc(CC3CCSCC3)nc2C1. The zero-order valence-electron chi connectivity index (χ0n) is 10.7. The normalized spacial score (nSPS) is 25.8. The van der Waals surface area contributed by atoms with Crippen LogP contribution in [0.4, 0.5) is 0 Å². The Morgan fingerprint density at radius 2 is 2.18 bits per heavy atom. The van der Waals surface area contributed by atoms with Crippen LogP contribution in [-0.2, 0) is 19.4 Å². The Morgan fingerprint density at radius 1 is 1.35 bits per heavy atom. The Bertz CT molecular complexity index is 380. The maximum atomic E-state index is 4.85. The van der Waals surface area contributed by atoms with E-state index in [1.165, 1.54) is 61.7 Å². The van der Waals surface area contributed by atoms with E-state index in [4.69, 9.17) is 4.98 Å². The van der Waals surface area contributed by atoms with E-state index in [2.05, 4.69) is 29.4 Å². The fourth-order valence-electron chi connectivity index (χ4n) is 2.99. The molecule has 94 valence electrons. The molecule has 0 radical (unpaired) electrons. The molecule has 0 N–H and O–H groups in total. The van der Waals surface area contributed by atoms with E-state index in [1.54, 1.807) is 0 Å². The van der Waals surface area contributed by atoms with Crippen LogP contribution in [-0.4, -0.2) is 21.1 Å². The number of thioether (sulfide) groups is 1. The van der Waals surface area contributed by atoms with Gasteiger partial charge in [-0.3, -0.25) is 0 Å². The molecule has 1 unspecified atom stereocenters. The van der Waals surface area contributed by atoms with Crippen molar-refractivity contribution in [2.24, 2.45) is 11.8 Å². The quantitative estimate of drug-likeness (QED) is 0.802. The molecular weight excluding hydrogens is 228 g/mol. The van der Waals surface area contributed by atoms with Gasteiger partial charge in [-0.2, -0.15) is 11.8 Å². The van der Waals surface area contributed by atoms with Crippen LogP contribution in [0.15, 0.2) is 6.20 Å². The van der Waals surface area contributed by atoms with Gasteiger partial charge in [0.15, 0.2) is 0 Å². The zero-order valence-corrected chi connectivity index (χ0v) is 11.5. The maximum absolute atomic E-state index is 4.85. The fourth-order valence-corrected chi connectivity index (χ4v) is 4.19. The first-order valence-corrected chi connectivity index (χ1v) is 8.09. The van der Waals surface area contributed by atoms with Crippen LogP contribution >= 0.6 is 11.8 Å². The van der Waals surface area contributed by atoms with E-state index in [9.17, 15) is 0 Å². The van der Waals surface area contributed by atoms with Gasteiger partial charge in [0.05, 0.1) is 5.69 Å². The van der Waals surface area contributed by atoms with Crippen molar-refractivity contribution in [2.45, 2.75) is 45.6 Å². The van der Waals surface area contributed by atoms with E-state index >= 15 is 0 Å². The summed E-state index contributed by atoms with van der Waals surface area (Å²) in [5, 5.41) is 0. The molecule has 0 aliphatic carbocycles. The molecule has 0 saturated carbocycles. The Labute approximate surface area is 108 Å². The second kappa shape index (κ2) is 5.05. The molecule has 1 aromatic heterocycles. The third kappa shape index (κ3) is 2.70. The number of imidazole rings is 1. The van der Waals surface area contributed by atoms with Crippen LogP contribution in [0.5, 0.6) is 0 Å². The molecule has 0 bridgehead atoms. The van der Waals surface area contributed by atoms with Gasteiger partial charge in [0.25, 0.3) is 0 Å². The highest BCUT2D eigenvalue weighted by molar-refractivity contribution is 7.99. The van der Waals surface area contributed by atoms with Crippen molar-refractivity contribution < 1.29 is 0 Å². The summed E-state index contributed by atoms with van der Waals surface area (Å²) in [6.07, 6.45) is 8.83. The summed E-state index contributed by atoms with van der Waals surface area (Å²) in [7, 11) is 0. The molecule has 0 spiro atoms. The Kier molecular flexibility index (Phi) is 3.46. The lowest BCUT2D eigenvalue weighted by Gasteiger charge is -2.19. The van der Waals surface area contributed by atoms with Crippen molar-refractivity contribution in [3.05, 3.63) is 17.7 Å². The van der Waals surface area contributed by atoms with Crippen molar-refractivity contribution in [1.29, 1.82) is 0 Å². The van der Waals surface area contributed by atoms with Gasteiger partial charge in [-0.25, -0.2) is 4.98 Å². The number of aromatic nitrogens is 2. The van der Waals surface area contributed by atoms with Crippen LogP contribution in [0.2, 0.25) is 0 Å². The zero-order chi connectivity index (χ0) is 11.7. The van der Waals surface area contributed by atoms with Gasteiger partial charge in [-0.1, -0.05) is 6.92 Å². The minimum Gasteiger partial charge on any atom is -0.335 e. The Morgan fingerprint density at radius 3 is 3.00 bits per heavy atom. The Hall–Kier alpha value is -0.440. The van der Waals surface area contributed by atoms with Crippen LogP contribution < -0.4 is 0 Å².